The molecule has 2 N–H and O–H groups in total. The fourth-order valence-corrected chi connectivity index (χ4v) is 3.93. The minimum atomic E-state index is -1.21. The van der Waals surface area contributed by atoms with E-state index in [0.717, 1.165) is 21.4 Å². The van der Waals surface area contributed by atoms with Gasteiger partial charge in [0.05, 0.1) is 25.7 Å². The van der Waals surface area contributed by atoms with Crippen LogP contribution in [0.15, 0.2) is 30.5 Å². The second-order valence-corrected chi connectivity index (χ2v) is 6.89. The molecule has 1 aromatic heterocycles. The summed E-state index contributed by atoms with van der Waals surface area (Å²) < 4.78 is 5.30. The van der Waals surface area contributed by atoms with Gasteiger partial charge in [0.1, 0.15) is 6.04 Å². The number of carbonyl (C=O) groups excluding carboxylic acids is 2. The molecule has 2 saturated heterocycles. The van der Waals surface area contributed by atoms with Crippen molar-refractivity contribution < 1.29 is 24.2 Å². The molecule has 8 nitrogen and oxygen atoms in total. The van der Waals surface area contributed by atoms with Crippen LogP contribution in [0.3, 0.4) is 0 Å². The molecule has 2 aromatic rings. The monoisotopic (exact) mass is 371 g/mol. The lowest BCUT2D eigenvalue weighted by molar-refractivity contribution is -0.155. The van der Waals surface area contributed by atoms with E-state index in [9.17, 15) is 19.5 Å². The molecule has 0 saturated carbocycles. The molecule has 2 aliphatic heterocycles. The zero-order valence-electron chi connectivity index (χ0n) is 14.8. The standard InChI is InChI=1S/C19H21N3O5/c23-17-10-15(21-5-7-27-8-6-21)18(24)22(17)16(19(25)26)9-12-11-20-14-4-2-1-3-13(12)14/h1-4,11,15-16,20H,5-10H2,(H,25,26)/t15?,16-/m0/s1. The smallest absolute Gasteiger partial charge is 0.327 e. The number of fused-ring (bicyclic) bond motifs is 1. The Morgan fingerprint density at radius 1 is 1.26 bits per heavy atom. The summed E-state index contributed by atoms with van der Waals surface area (Å²) in [5.74, 6) is -2.03. The van der Waals surface area contributed by atoms with E-state index in [1.165, 1.54) is 0 Å². The van der Waals surface area contributed by atoms with Crippen molar-refractivity contribution in [2.24, 2.45) is 0 Å². The van der Waals surface area contributed by atoms with Crippen molar-refractivity contribution in [2.45, 2.75) is 24.9 Å². The summed E-state index contributed by atoms with van der Waals surface area (Å²) in [5.41, 5.74) is 1.66. The van der Waals surface area contributed by atoms with Crippen LogP contribution in [-0.2, 0) is 25.5 Å². The second-order valence-electron chi connectivity index (χ2n) is 6.89. The van der Waals surface area contributed by atoms with Crippen molar-refractivity contribution in [3.63, 3.8) is 0 Å². The number of hydrogen-bond donors (Lipinski definition) is 2. The normalized spacial score (nSPS) is 22.5. The molecule has 8 heteroatoms. The third kappa shape index (κ3) is 3.22. The Labute approximate surface area is 155 Å². The van der Waals surface area contributed by atoms with Gasteiger partial charge in [0.15, 0.2) is 0 Å². The van der Waals surface area contributed by atoms with E-state index in [2.05, 4.69) is 4.98 Å². The van der Waals surface area contributed by atoms with E-state index < -0.39 is 29.9 Å². The molecule has 0 radical (unpaired) electrons. The number of nitrogens with zero attached hydrogens (tertiary/aromatic N) is 2. The molecule has 142 valence electrons. The number of morpholine rings is 1. The quantitative estimate of drug-likeness (QED) is 0.747. The molecule has 1 aromatic carbocycles. The van der Waals surface area contributed by atoms with Gasteiger partial charge < -0.3 is 14.8 Å². The first kappa shape index (κ1) is 17.7. The summed E-state index contributed by atoms with van der Waals surface area (Å²) in [5, 5.41) is 10.6. The van der Waals surface area contributed by atoms with Crippen LogP contribution in [0.1, 0.15) is 12.0 Å². The highest BCUT2D eigenvalue weighted by molar-refractivity contribution is 6.08. The van der Waals surface area contributed by atoms with Crippen molar-refractivity contribution in [2.75, 3.05) is 26.3 Å². The van der Waals surface area contributed by atoms with Crippen LogP contribution in [0.5, 0.6) is 0 Å². The number of ether oxygens (including phenoxy) is 1. The highest BCUT2D eigenvalue weighted by Crippen LogP contribution is 2.26. The number of likely N-dealkylation sites (tertiary alicyclic amines) is 1. The summed E-state index contributed by atoms with van der Waals surface area (Å²) in [6, 6.07) is 5.74. The Hall–Kier alpha value is -2.71. The number of carboxylic acid groups (broad SMARTS) is 1. The predicted molar refractivity (Wildman–Crippen MR) is 96.1 cm³/mol. The van der Waals surface area contributed by atoms with Crippen molar-refractivity contribution >= 4 is 28.7 Å². The van der Waals surface area contributed by atoms with Crippen molar-refractivity contribution in [1.82, 2.24) is 14.8 Å². The number of benzene rings is 1. The first-order chi connectivity index (χ1) is 13.1. The first-order valence-electron chi connectivity index (χ1n) is 9.02. The van der Waals surface area contributed by atoms with Crippen LogP contribution in [0.4, 0.5) is 0 Å². The Morgan fingerprint density at radius 3 is 2.74 bits per heavy atom. The first-order valence-corrected chi connectivity index (χ1v) is 9.02. The molecule has 0 spiro atoms. The maximum absolute atomic E-state index is 12.9. The van der Waals surface area contributed by atoms with Gasteiger partial charge in [-0.15, -0.1) is 0 Å². The molecule has 0 aliphatic carbocycles. The molecule has 4 rings (SSSR count). The number of para-hydroxylation sites is 1. The molecule has 2 atom stereocenters. The number of aromatic amines is 1. The average molecular weight is 371 g/mol. The third-order valence-electron chi connectivity index (χ3n) is 5.33. The molecule has 2 fully saturated rings. The van der Waals surface area contributed by atoms with Gasteiger partial charge in [0, 0.05) is 36.6 Å². The number of hydrogen-bond acceptors (Lipinski definition) is 5. The van der Waals surface area contributed by atoms with Gasteiger partial charge >= 0.3 is 5.97 Å². The highest BCUT2D eigenvalue weighted by Gasteiger charge is 2.47. The number of aromatic nitrogens is 1. The van der Waals surface area contributed by atoms with Crippen molar-refractivity contribution in [3.8, 4) is 0 Å². The van der Waals surface area contributed by atoms with E-state index in [4.69, 9.17) is 4.74 Å². The Balaban J connectivity index is 1.59. The van der Waals surface area contributed by atoms with Crippen LogP contribution >= 0.6 is 0 Å². The number of nitrogens with one attached hydrogen (secondary N) is 1. The van der Waals surface area contributed by atoms with Crippen LogP contribution in [0.2, 0.25) is 0 Å². The largest absolute Gasteiger partial charge is 0.480 e. The number of aliphatic carboxylic acids is 1. The van der Waals surface area contributed by atoms with Gasteiger partial charge in [-0.1, -0.05) is 18.2 Å². The maximum atomic E-state index is 12.9. The zero-order valence-corrected chi connectivity index (χ0v) is 14.8. The molecule has 27 heavy (non-hydrogen) atoms. The van der Waals surface area contributed by atoms with E-state index >= 15 is 0 Å². The minimum Gasteiger partial charge on any atom is -0.480 e. The Bertz CT molecular complexity index is 886. The van der Waals surface area contributed by atoms with Crippen LogP contribution in [0, 0.1) is 0 Å². The molecule has 2 amide bonds. The Kier molecular flexibility index (Phi) is 4.67. The number of carboxylic acids is 1. The maximum Gasteiger partial charge on any atom is 0.327 e. The summed E-state index contributed by atoms with van der Waals surface area (Å²) in [7, 11) is 0. The van der Waals surface area contributed by atoms with Crippen molar-refractivity contribution in [3.05, 3.63) is 36.0 Å². The summed E-state index contributed by atoms with van der Waals surface area (Å²) in [6.45, 7) is 2.15. The van der Waals surface area contributed by atoms with Gasteiger partial charge in [0.25, 0.3) is 0 Å². The van der Waals surface area contributed by atoms with Crippen molar-refractivity contribution in [1.29, 1.82) is 0 Å². The van der Waals surface area contributed by atoms with Crippen LogP contribution in [0.25, 0.3) is 10.9 Å². The zero-order chi connectivity index (χ0) is 19.0. The number of H-pyrrole nitrogens is 1. The lowest BCUT2D eigenvalue weighted by Gasteiger charge is -2.31. The number of rotatable bonds is 5. The van der Waals surface area contributed by atoms with Crippen LogP contribution in [-0.4, -0.2) is 76.1 Å². The summed E-state index contributed by atoms with van der Waals surface area (Å²) >= 11 is 0. The van der Waals surface area contributed by atoms with Crippen LogP contribution < -0.4 is 0 Å². The molecule has 2 aliphatic rings. The van der Waals surface area contributed by atoms with E-state index in [1.54, 1.807) is 6.20 Å². The van der Waals surface area contributed by atoms with E-state index in [-0.39, 0.29) is 12.8 Å². The topological polar surface area (TPSA) is 103 Å². The average Bonchev–Trinajstić information content (AvgIpc) is 3.21. The fraction of sp³-hybridized carbons (Fsp3) is 0.421. The lowest BCUT2D eigenvalue weighted by Crippen LogP contribution is -2.51. The second kappa shape index (κ2) is 7.13. The SMILES string of the molecule is O=C(O)[C@H](Cc1c[nH]c2ccccc12)N1C(=O)CC(N2CCOCC2)C1=O. The number of imide groups is 1. The molecular formula is C19H21N3O5. The van der Waals surface area contributed by atoms with Gasteiger partial charge in [-0.3, -0.25) is 19.4 Å². The highest BCUT2D eigenvalue weighted by atomic mass is 16.5. The lowest BCUT2D eigenvalue weighted by atomic mass is 10.0. The third-order valence-corrected chi connectivity index (χ3v) is 5.33. The summed E-state index contributed by atoms with van der Waals surface area (Å²) in [6.07, 6.45) is 1.84. The number of amides is 2. The van der Waals surface area contributed by atoms with Gasteiger partial charge in [-0.25, -0.2) is 4.79 Å². The molecule has 3 heterocycles. The van der Waals surface area contributed by atoms with Gasteiger partial charge in [0.2, 0.25) is 11.8 Å². The minimum absolute atomic E-state index is 0.0243. The van der Waals surface area contributed by atoms with E-state index in [1.807, 2.05) is 29.2 Å². The van der Waals surface area contributed by atoms with Gasteiger partial charge in [-0.2, -0.15) is 0 Å². The molecule has 0 bridgehead atoms. The Morgan fingerprint density at radius 2 is 2.00 bits per heavy atom. The molecular weight excluding hydrogens is 350 g/mol. The predicted octanol–water partition coefficient (Wildman–Crippen LogP) is 0.623. The fourth-order valence-electron chi connectivity index (χ4n) is 3.93. The van der Waals surface area contributed by atoms with E-state index in [0.29, 0.717) is 26.3 Å². The van der Waals surface area contributed by atoms with Gasteiger partial charge in [-0.05, 0) is 11.6 Å². The molecule has 1 unspecified atom stereocenters. The number of carbonyl (C=O) groups is 3. The summed E-state index contributed by atoms with van der Waals surface area (Å²) in [4.78, 5) is 43.4.